The Morgan fingerprint density at radius 2 is 0.889 bits per heavy atom. The van der Waals surface area contributed by atoms with Crippen LogP contribution in [-0.2, 0) is 6.54 Å². The van der Waals surface area contributed by atoms with Crippen LogP contribution in [0.4, 0.5) is 5.69 Å². The molecule has 0 fully saturated rings. The van der Waals surface area contributed by atoms with Gasteiger partial charge in [-0.3, -0.25) is 0 Å². The predicted molar refractivity (Wildman–Crippen MR) is 112 cm³/mol. The van der Waals surface area contributed by atoms with E-state index in [9.17, 15) is 0 Å². The van der Waals surface area contributed by atoms with Gasteiger partial charge in [-0.25, -0.2) is 0 Å². The molecule has 0 aliphatic rings. The molecule has 0 unspecified atom stereocenters. The van der Waals surface area contributed by atoms with E-state index in [1.807, 2.05) is 36.4 Å². The topological polar surface area (TPSA) is 24.7 Å². The van der Waals surface area contributed by atoms with Gasteiger partial charge < -0.3 is 0 Å². The van der Waals surface area contributed by atoms with Gasteiger partial charge in [0.1, 0.15) is 0 Å². The summed E-state index contributed by atoms with van der Waals surface area (Å²) >= 11 is 0. The van der Waals surface area contributed by atoms with Gasteiger partial charge in [-0.1, -0.05) is 97.1 Å². The number of nitrogens with zero attached hydrogens (tertiary/aromatic N) is 2. The van der Waals surface area contributed by atoms with Gasteiger partial charge in [0.25, 0.3) is 0 Å². The molecule has 130 valence electrons. The monoisotopic (exact) mass is 348 g/mol. The fourth-order valence-corrected chi connectivity index (χ4v) is 2.98. The second-order valence-corrected chi connectivity index (χ2v) is 6.38. The minimum absolute atomic E-state index is 0.579. The second kappa shape index (κ2) is 8.24. The third kappa shape index (κ3) is 4.36. The Morgan fingerprint density at radius 1 is 0.444 bits per heavy atom. The van der Waals surface area contributed by atoms with E-state index in [-0.39, 0.29) is 0 Å². The molecule has 4 rings (SSSR count). The SMILES string of the molecule is c1ccc(-c2ccc(CN=Nc3ccc(-c4ccccc4)cc3)cc2)cc1. The largest absolute Gasteiger partial charge is 0.184 e. The first kappa shape index (κ1) is 16.9. The zero-order valence-corrected chi connectivity index (χ0v) is 15.0. The normalized spacial score (nSPS) is 11.0. The molecule has 0 bridgehead atoms. The van der Waals surface area contributed by atoms with Crippen LogP contribution in [0.2, 0.25) is 0 Å². The van der Waals surface area contributed by atoms with Gasteiger partial charge in [0, 0.05) is 0 Å². The first-order chi connectivity index (χ1) is 13.4. The summed E-state index contributed by atoms with van der Waals surface area (Å²) in [5.74, 6) is 0. The van der Waals surface area contributed by atoms with Crippen LogP contribution in [-0.4, -0.2) is 0 Å². The Morgan fingerprint density at radius 3 is 1.41 bits per heavy atom. The van der Waals surface area contributed by atoms with E-state index in [0.29, 0.717) is 6.54 Å². The van der Waals surface area contributed by atoms with E-state index < -0.39 is 0 Å². The number of benzene rings is 4. The molecule has 0 aromatic heterocycles. The summed E-state index contributed by atoms with van der Waals surface area (Å²) in [7, 11) is 0. The molecular formula is C25H20N2. The van der Waals surface area contributed by atoms with Crippen molar-refractivity contribution in [2.75, 3.05) is 0 Å². The molecule has 27 heavy (non-hydrogen) atoms. The van der Waals surface area contributed by atoms with Gasteiger partial charge in [0.15, 0.2) is 0 Å². The predicted octanol–water partition coefficient (Wildman–Crippen LogP) is 7.30. The van der Waals surface area contributed by atoms with Crippen LogP contribution in [0.15, 0.2) is 119 Å². The highest BCUT2D eigenvalue weighted by molar-refractivity contribution is 5.65. The third-order valence-electron chi connectivity index (χ3n) is 4.47. The molecular weight excluding hydrogens is 328 g/mol. The second-order valence-electron chi connectivity index (χ2n) is 6.38. The molecule has 0 atom stereocenters. The lowest BCUT2D eigenvalue weighted by atomic mass is 10.0. The number of rotatable bonds is 5. The van der Waals surface area contributed by atoms with E-state index in [1.54, 1.807) is 0 Å². The molecule has 0 aliphatic carbocycles. The molecule has 0 aliphatic heterocycles. The fraction of sp³-hybridized carbons (Fsp3) is 0.0400. The van der Waals surface area contributed by atoms with Crippen LogP contribution in [0, 0.1) is 0 Å². The van der Waals surface area contributed by atoms with Crippen LogP contribution < -0.4 is 0 Å². The van der Waals surface area contributed by atoms with E-state index >= 15 is 0 Å². The summed E-state index contributed by atoms with van der Waals surface area (Å²) in [4.78, 5) is 0. The molecule has 2 heteroatoms. The molecule has 0 heterocycles. The van der Waals surface area contributed by atoms with Gasteiger partial charge in [0.05, 0.1) is 12.2 Å². The quantitative estimate of drug-likeness (QED) is 0.338. The van der Waals surface area contributed by atoms with Crippen LogP contribution in [0.25, 0.3) is 22.3 Å². The summed E-state index contributed by atoms with van der Waals surface area (Å²) in [5, 5.41) is 8.68. The highest BCUT2D eigenvalue weighted by Gasteiger charge is 1.98. The summed E-state index contributed by atoms with van der Waals surface area (Å²) in [5.41, 5.74) is 6.86. The minimum Gasteiger partial charge on any atom is -0.184 e. The van der Waals surface area contributed by atoms with Gasteiger partial charge in [-0.05, 0) is 39.9 Å². The van der Waals surface area contributed by atoms with Crippen molar-refractivity contribution in [2.24, 2.45) is 10.2 Å². The number of hydrogen-bond donors (Lipinski definition) is 0. The molecule has 0 saturated heterocycles. The van der Waals surface area contributed by atoms with Crippen LogP contribution in [0.5, 0.6) is 0 Å². The average molecular weight is 348 g/mol. The maximum absolute atomic E-state index is 4.34. The van der Waals surface area contributed by atoms with Crippen molar-refractivity contribution < 1.29 is 0 Å². The third-order valence-corrected chi connectivity index (χ3v) is 4.47. The van der Waals surface area contributed by atoms with E-state index in [1.165, 1.54) is 22.3 Å². The lowest BCUT2D eigenvalue weighted by Gasteiger charge is -2.03. The van der Waals surface area contributed by atoms with Gasteiger partial charge >= 0.3 is 0 Å². The Bertz CT molecular complexity index is 1000. The summed E-state index contributed by atoms with van der Waals surface area (Å²) in [6, 6.07) is 37.4. The molecule has 4 aromatic rings. The summed E-state index contributed by atoms with van der Waals surface area (Å²) in [6.45, 7) is 0.579. The summed E-state index contributed by atoms with van der Waals surface area (Å²) in [6.07, 6.45) is 0. The van der Waals surface area contributed by atoms with E-state index in [2.05, 4.69) is 83.0 Å². The Balaban J connectivity index is 1.39. The number of azo groups is 1. The molecule has 0 spiro atoms. The standard InChI is InChI=1S/C25H20N2/c1-3-7-21(8-4-1)23-13-11-20(12-14-23)19-26-27-25-17-15-24(16-18-25)22-9-5-2-6-10-22/h1-18H,19H2. The molecule has 0 saturated carbocycles. The van der Waals surface area contributed by atoms with Crippen molar-refractivity contribution >= 4 is 5.69 Å². The maximum Gasteiger partial charge on any atom is 0.0853 e. The van der Waals surface area contributed by atoms with Gasteiger partial charge in [-0.15, -0.1) is 0 Å². The van der Waals surface area contributed by atoms with Crippen molar-refractivity contribution in [3.05, 3.63) is 115 Å². The van der Waals surface area contributed by atoms with Crippen LogP contribution >= 0.6 is 0 Å². The molecule has 2 nitrogen and oxygen atoms in total. The molecule has 4 aromatic carbocycles. The van der Waals surface area contributed by atoms with Crippen molar-refractivity contribution in [1.82, 2.24) is 0 Å². The minimum atomic E-state index is 0.579. The first-order valence-corrected chi connectivity index (χ1v) is 9.06. The van der Waals surface area contributed by atoms with Gasteiger partial charge in [0.2, 0.25) is 0 Å². The molecule has 0 N–H and O–H groups in total. The highest BCUT2D eigenvalue weighted by atomic mass is 15.1. The fourth-order valence-electron chi connectivity index (χ4n) is 2.98. The lowest BCUT2D eigenvalue weighted by Crippen LogP contribution is -1.82. The Labute approximate surface area is 159 Å². The van der Waals surface area contributed by atoms with E-state index in [4.69, 9.17) is 0 Å². The van der Waals surface area contributed by atoms with Crippen molar-refractivity contribution in [3.63, 3.8) is 0 Å². The molecule has 0 radical (unpaired) electrons. The smallest absolute Gasteiger partial charge is 0.0853 e. The van der Waals surface area contributed by atoms with Crippen LogP contribution in [0.1, 0.15) is 5.56 Å². The van der Waals surface area contributed by atoms with Crippen molar-refractivity contribution in [3.8, 4) is 22.3 Å². The van der Waals surface area contributed by atoms with Gasteiger partial charge in [-0.2, -0.15) is 10.2 Å². The zero-order chi connectivity index (χ0) is 18.3. The Kier molecular flexibility index (Phi) is 5.16. The maximum atomic E-state index is 4.34. The number of hydrogen-bond acceptors (Lipinski definition) is 2. The van der Waals surface area contributed by atoms with Crippen molar-refractivity contribution in [1.29, 1.82) is 0 Å². The van der Waals surface area contributed by atoms with Crippen LogP contribution in [0.3, 0.4) is 0 Å². The average Bonchev–Trinajstić information content (AvgIpc) is 2.76. The zero-order valence-electron chi connectivity index (χ0n) is 15.0. The molecule has 0 amide bonds. The van der Waals surface area contributed by atoms with E-state index in [0.717, 1.165) is 11.3 Å². The highest BCUT2D eigenvalue weighted by Crippen LogP contribution is 2.23. The summed E-state index contributed by atoms with van der Waals surface area (Å²) < 4.78 is 0. The lowest BCUT2D eigenvalue weighted by molar-refractivity contribution is 0.959. The first-order valence-electron chi connectivity index (χ1n) is 9.06. The Hall–Kier alpha value is -3.52. The van der Waals surface area contributed by atoms with Crippen molar-refractivity contribution in [2.45, 2.75) is 6.54 Å².